The van der Waals surface area contributed by atoms with Gasteiger partial charge in [-0.1, -0.05) is 0 Å². The van der Waals surface area contributed by atoms with Gasteiger partial charge in [0.1, 0.15) is 47.9 Å². The normalized spacial score (nSPS) is 29.7. The molecule has 2 fully saturated rings. The van der Waals surface area contributed by atoms with Crippen LogP contribution in [0, 0.1) is 0 Å². The van der Waals surface area contributed by atoms with Gasteiger partial charge in [0.2, 0.25) is 0 Å². The smallest absolute Gasteiger partial charge is 0.756 e. The number of pyridine rings is 1. The number of imidazole rings is 1. The van der Waals surface area contributed by atoms with Crippen molar-refractivity contribution >= 4 is 46.4 Å². The second kappa shape index (κ2) is 15.4. The van der Waals surface area contributed by atoms with Gasteiger partial charge in [0.25, 0.3) is 27.8 Å². The van der Waals surface area contributed by atoms with Crippen molar-refractivity contribution in [3.8, 4) is 0 Å². The number of nitrogens with zero attached hydrogens (tertiary/aromatic N) is 5. The summed E-state index contributed by atoms with van der Waals surface area (Å²) in [5.41, 5.74) is 11.0. The molecule has 49 heavy (non-hydrogen) atoms. The minimum absolute atomic E-state index is 0. The number of ether oxygens (including phenoxy) is 2. The van der Waals surface area contributed by atoms with Crippen molar-refractivity contribution in [3.63, 3.8) is 0 Å². The van der Waals surface area contributed by atoms with E-state index in [0.717, 1.165) is 17.2 Å². The number of anilines is 1. The van der Waals surface area contributed by atoms with Crippen LogP contribution in [-0.4, -0.2) is 100 Å². The fourth-order valence-corrected chi connectivity index (χ4v) is 7.38. The van der Waals surface area contributed by atoms with Gasteiger partial charge in [-0.3, -0.25) is 23.0 Å². The SMILES string of the molecule is NC(=O)c1ccc[n+]([C@@H]2O[C@H](COP(=O)([O-])OP(=O)([O-])OC[C@H]3O[C@H](n4cnc5c(N)ncnc54)[C@@H](OP(=O)(O)O)[C@@H]3O)[C@H](O)[C@@H]2O)c1.[Na+]. The maximum absolute atomic E-state index is 12.4. The van der Waals surface area contributed by atoms with Crippen LogP contribution in [0.1, 0.15) is 22.8 Å². The van der Waals surface area contributed by atoms with Gasteiger partial charge in [-0.15, -0.1) is 0 Å². The molecule has 3 aromatic rings. The minimum Gasteiger partial charge on any atom is -0.756 e. The van der Waals surface area contributed by atoms with Crippen LogP contribution < -0.4 is 55.4 Å². The predicted octanol–water partition coefficient (Wildman–Crippen LogP) is -7.16. The van der Waals surface area contributed by atoms with Crippen LogP contribution in [0.2, 0.25) is 0 Å². The molecule has 28 heteroatoms. The molecule has 0 aliphatic carbocycles. The van der Waals surface area contributed by atoms with Gasteiger partial charge in [-0.05, 0) is 6.07 Å². The van der Waals surface area contributed by atoms with Crippen molar-refractivity contribution in [1.29, 1.82) is 0 Å². The summed E-state index contributed by atoms with van der Waals surface area (Å²) < 4.78 is 67.4. The Hall–Kier alpha value is -1.86. The molecule has 0 aromatic carbocycles. The zero-order valence-electron chi connectivity index (χ0n) is 24.9. The summed E-state index contributed by atoms with van der Waals surface area (Å²) in [5, 5.41) is 31.4. The second-order valence-corrected chi connectivity index (χ2v) is 14.4. The predicted molar refractivity (Wildman–Crippen MR) is 146 cm³/mol. The zero-order chi connectivity index (χ0) is 35.2. The number of rotatable bonds is 13. The molecule has 10 atom stereocenters. The van der Waals surface area contributed by atoms with Crippen molar-refractivity contribution in [2.75, 3.05) is 18.9 Å². The van der Waals surface area contributed by atoms with Gasteiger partial charge >= 0.3 is 37.4 Å². The Morgan fingerprint density at radius 3 is 2.24 bits per heavy atom. The number of hydrogen-bond acceptors (Lipinski definition) is 19. The zero-order valence-corrected chi connectivity index (χ0v) is 29.5. The van der Waals surface area contributed by atoms with Crippen molar-refractivity contribution in [2.45, 2.75) is 49.1 Å². The number of phosphoric ester groups is 3. The molecule has 0 spiro atoms. The topological polar surface area (TPSA) is 370 Å². The minimum atomic E-state index is -5.84. The monoisotopic (exact) mass is 765 g/mol. The molecule has 2 aliphatic heterocycles. The average Bonchev–Trinajstić information content (AvgIpc) is 3.64. The third-order valence-corrected chi connectivity index (χ3v) is 10.0. The van der Waals surface area contributed by atoms with E-state index in [4.69, 9.17) is 20.9 Å². The standard InChI is InChI=1S/C21H28N7O17P3.Na/c22-17-12-19(25-7-24-17)28(8-26-12)21-16(44-46(33,34)35)14(30)11(43-21)6-41-48(38,39)45-47(36,37)40-5-10-13(29)15(31)20(42-10)27-3-1-2-9(4-27)18(23)32;/h1-4,7-8,10-11,13-16,20-21,29-31H,5-6H2,(H7-,22,23,24,25,32,33,34,35,36,37,38,39);/q;+1/p-1/t10-,11-,13+,14-,15+,16+,20-,21+;/m1./s1. The molecule has 0 saturated carbocycles. The van der Waals surface area contributed by atoms with Gasteiger partial charge in [0.05, 0.1) is 19.5 Å². The van der Waals surface area contributed by atoms with Crippen molar-refractivity contribution < 1.29 is 115 Å². The summed E-state index contributed by atoms with van der Waals surface area (Å²) >= 11 is 0. The first-order valence-electron chi connectivity index (χ1n) is 13.3. The van der Waals surface area contributed by atoms with E-state index < -0.39 is 91.7 Å². The van der Waals surface area contributed by atoms with Gasteiger partial charge in [-0.25, -0.2) is 23.8 Å². The Bertz CT molecular complexity index is 1820. The first-order valence-corrected chi connectivity index (χ1v) is 17.8. The van der Waals surface area contributed by atoms with Gasteiger partial charge in [0.15, 0.2) is 36.2 Å². The van der Waals surface area contributed by atoms with Crippen molar-refractivity contribution in [3.05, 3.63) is 42.7 Å². The van der Waals surface area contributed by atoms with E-state index in [0.29, 0.717) is 0 Å². The summed E-state index contributed by atoms with van der Waals surface area (Å²) in [6.07, 6.45) is -8.80. The second-order valence-electron chi connectivity index (χ2n) is 10.2. The Morgan fingerprint density at radius 1 is 1.00 bits per heavy atom. The molecular formula is C21H27N7NaO17P3. The molecule has 2 saturated heterocycles. The van der Waals surface area contributed by atoms with Crippen LogP contribution in [0.5, 0.6) is 0 Å². The molecule has 24 nitrogen and oxygen atoms in total. The van der Waals surface area contributed by atoms with Gasteiger partial charge < -0.3 is 64.9 Å². The molecule has 3 aromatic heterocycles. The summed E-state index contributed by atoms with van der Waals surface area (Å²) in [6, 6.07) is 2.76. The fraction of sp³-hybridized carbons (Fsp3) is 0.476. The van der Waals surface area contributed by atoms with Gasteiger partial charge in [0, 0.05) is 6.07 Å². The maximum atomic E-state index is 12.4. The van der Waals surface area contributed by atoms with E-state index in [-0.39, 0.29) is 52.1 Å². The number of carbonyl (C=O) groups is 1. The van der Waals surface area contributed by atoms with E-state index in [9.17, 15) is 53.4 Å². The van der Waals surface area contributed by atoms with Crippen LogP contribution in [0.4, 0.5) is 5.82 Å². The summed E-state index contributed by atoms with van der Waals surface area (Å²) in [7, 11) is -16.9. The first kappa shape index (κ1) is 39.9. The molecule has 264 valence electrons. The quantitative estimate of drug-likeness (QED) is 0.0483. The fourth-order valence-electron chi connectivity index (χ4n) is 4.82. The van der Waals surface area contributed by atoms with Crippen LogP contribution in [0.25, 0.3) is 11.2 Å². The van der Waals surface area contributed by atoms with Crippen LogP contribution >= 0.6 is 23.5 Å². The molecule has 2 aliphatic rings. The molecule has 9 N–H and O–H groups in total. The van der Waals surface area contributed by atoms with Crippen molar-refractivity contribution in [2.24, 2.45) is 5.73 Å². The van der Waals surface area contributed by atoms with E-state index in [2.05, 4.69) is 32.8 Å². The number of carbonyl (C=O) groups excluding carboxylic acids is 1. The molecule has 5 rings (SSSR count). The van der Waals surface area contributed by atoms with Crippen LogP contribution in [-0.2, 0) is 41.1 Å². The summed E-state index contributed by atoms with van der Waals surface area (Å²) in [4.78, 5) is 66.6. The van der Waals surface area contributed by atoms with E-state index >= 15 is 0 Å². The number of aromatic nitrogens is 5. The average molecular weight is 765 g/mol. The molecular weight excluding hydrogens is 738 g/mol. The van der Waals surface area contributed by atoms with Crippen molar-refractivity contribution in [1.82, 2.24) is 19.5 Å². The van der Waals surface area contributed by atoms with Gasteiger partial charge in [-0.2, -0.15) is 4.57 Å². The summed E-state index contributed by atoms with van der Waals surface area (Å²) in [6.45, 7) is -2.21. The number of primary amides is 1. The number of aliphatic hydroxyl groups is 3. The Labute approximate surface area is 296 Å². The molecule has 1 amide bonds. The van der Waals surface area contributed by atoms with E-state index in [1.165, 1.54) is 29.1 Å². The number of nitrogens with two attached hydrogens (primary N) is 2. The maximum Gasteiger partial charge on any atom is 1.00 e. The van der Waals surface area contributed by atoms with Crippen LogP contribution in [0.15, 0.2) is 37.2 Å². The Balaban J connectivity index is 0.00000541. The Morgan fingerprint density at radius 2 is 1.63 bits per heavy atom. The number of aliphatic hydroxyl groups excluding tert-OH is 3. The van der Waals surface area contributed by atoms with E-state index in [1.807, 2.05) is 0 Å². The number of amides is 1. The molecule has 2 unspecified atom stereocenters. The largest absolute Gasteiger partial charge is 1.00 e. The number of fused-ring (bicyclic) bond motifs is 1. The molecule has 0 bridgehead atoms. The molecule has 0 radical (unpaired) electrons. The number of phosphoric acid groups is 3. The third-order valence-electron chi connectivity index (χ3n) is 6.96. The summed E-state index contributed by atoms with van der Waals surface area (Å²) in [5.74, 6) is -0.876. The third kappa shape index (κ3) is 9.33. The molecule has 5 heterocycles. The van der Waals surface area contributed by atoms with E-state index in [1.54, 1.807) is 0 Å². The number of nitrogen functional groups attached to an aromatic ring is 1. The first-order chi connectivity index (χ1) is 22.4. The van der Waals surface area contributed by atoms with Crippen LogP contribution in [0.3, 0.4) is 0 Å². The Kier molecular flexibility index (Phi) is 12.5. The number of hydrogen-bond donors (Lipinski definition) is 7.